The average molecular weight is 302 g/mol. The summed E-state index contributed by atoms with van der Waals surface area (Å²) in [5.74, 6) is 0.628. The van der Waals surface area contributed by atoms with E-state index in [1.807, 2.05) is 48.7 Å². The van der Waals surface area contributed by atoms with Gasteiger partial charge < -0.3 is 10.6 Å². The molecule has 0 aliphatic carbocycles. The van der Waals surface area contributed by atoms with E-state index in [1.165, 1.54) is 0 Å². The summed E-state index contributed by atoms with van der Waals surface area (Å²) < 4.78 is 0. The highest BCUT2D eigenvalue weighted by Crippen LogP contribution is 2.19. The topological polar surface area (TPSA) is 58.2 Å². The number of amides is 2. The molecule has 2 amide bonds. The summed E-state index contributed by atoms with van der Waals surface area (Å²) in [4.78, 5) is 22.8. The Kier molecular flexibility index (Phi) is 5.63. The summed E-state index contributed by atoms with van der Waals surface area (Å²) >= 11 is 1.65. The van der Waals surface area contributed by atoms with Crippen LogP contribution in [0.2, 0.25) is 0 Å². The molecule has 0 spiro atoms. The molecule has 0 aromatic heterocycles. The fourth-order valence-electron chi connectivity index (χ4n) is 2.10. The van der Waals surface area contributed by atoms with Crippen LogP contribution in [0, 0.1) is 0 Å². The largest absolute Gasteiger partial charge is 0.347 e. The van der Waals surface area contributed by atoms with E-state index in [-0.39, 0.29) is 5.91 Å². The molecule has 2 rings (SSSR count). The zero-order chi connectivity index (χ0) is 15.1. The maximum atomic E-state index is 12.2. The molecule has 2 aromatic carbocycles. The number of fused-ring (bicyclic) bond motifs is 1. The summed E-state index contributed by atoms with van der Waals surface area (Å²) in [7, 11) is 0. The van der Waals surface area contributed by atoms with Crippen LogP contribution in [0.3, 0.4) is 0 Å². The lowest BCUT2D eigenvalue weighted by Crippen LogP contribution is -2.40. The van der Waals surface area contributed by atoms with Gasteiger partial charge in [0.25, 0.3) is 0 Å². The van der Waals surface area contributed by atoms with Crippen molar-refractivity contribution >= 4 is 40.5 Å². The van der Waals surface area contributed by atoms with E-state index < -0.39 is 6.04 Å². The molecular formula is C16H18N2O2S. The zero-order valence-electron chi connectivity index (χ0n) is 11.8. The molecule has 0 bridgehead atoms. The minimum Gasteiger partial charge on any atom is -0.347 e. The SMILES string of the molecule is CSCC[C@H](NC=O)C(=O)Nc1ccc2ccccc2c1. The molecule has 0 fully saturated rings. The van der Waals surface area contributed by atoms with Crippen molar-refractivity contribution in [1.82, 2.24) is 5.32 Å². The van der Waals surface area contributed by atoms with Crippen LogP contribution in [0.15, 0.2) is 42.5 Å². The minimum atomic E-state index is -0.499. The number of anilines is 1. The molecule has 110 valence electrons. The second-order valence-electron chi connectivity index (χ2n) is 4.67. The van der Waals surface area contributed by atoms with Gasteiger partial charge in [0, 0.05) is 5.69 Å². The molecule has 1 atom stereocenters. The molecule has 0 saturated carbocycles. The maximum absolute atomic E-state index is 12.2. The Morgan fingerprint density at radius 3 is 2.71 bits per heavy atom. The number of nitrogens with one attached hydrogen (secondary N) is 2. The predicted octanol–water partition coefficient (Wildman–Crippen LogP) is 2.65. The third-order valence-electron chi connectivity index (χ3n) is 3.21. The van der Waals surface area contributed by atoms with E-state index >= 15 is 0 Å². The Balaban J connectivity index is 2.09. The molecule has 0 radical (unpaired) electrons. The quantitative estimate of drug-likeness (QED) is 0.773. The minimum absolute atomic E-state index is 0.188. The summed E-state index contributed by atoms with van der Waals surface area (Å²) in [5, 5.41) is 7.62. The van der Waals surface area contributed by atoms with Crippen molar-refractivity contribution in [2.45, 2.75) is 12.5 Å². The molecule has 2 N–H and O–H groups in total. The van der Waals surface area contributed by atoms with Crippen molar-refractivity contribution in [3.63, 3.8) is 0 Å². The highest BCUT2D eigenvalue weighted by atomic mass is 32.2. The Morgan fingerprint density at radius 1 is 1.24 bits per heavy atom. The van der Waals surface area contributed by atoms with E-state index in [9.17, 15) is 9.59 Å². The van der Waals surface area contributed by atoms with Crippen LogP contribution in [-0.2, 0) is 9.59 Å². The summed E-state index contributed by atoms with van der Waals surface area (Å²) in [6.07, 6.45) is 3.16. The number of carbonyl (C=O) groups is 2. The fraction of sp³-hybridized carbons (Fsp3) is 0.250. The van der Waals surface area contributed by atoms with Crippen LogP contribution < -0.4 is 10.6 Å². The van der Waals surface area contributed by atoms with E-state index in [0.717, 1.165) is 22.2 Å². The Morgan fingerprint density at radius 2 is 2.00 bits per heavy atom. The standard InChI is InChI=1S/C16H18N2O2S/c1-21-9-8-15(17-11-19)16(20)18-14-7-6-12-4-2-3-5-13(12)10-14/h2-7,10-11,15H,8-9H2,1H3,(H,17,19)(H,18,20)/t15-/m0/s1. The molecule has 4 nitrogen and oxygen atoms in total. The highest BCUT2D eigenvalue weighted by molar-refractivity contribution is 7.98. The number of hydrogen-bond donors (Lipinski definition) is 2. The van der Waals surface area contributed by atoms with Crippen LogP contribution in [0.25, 0.3) is 10.8 Å². The molecule has 2 aromatic rings. The maximum Gasteiger partial charge on any atom is 0.246 e. The van der Waals surface area contributed by atoms with Crippen LogP contribution in [0.4, 0.5) is 5.69 Å². The lowest BCUT2D eigenvalue weighted by Gasteiger charge is -2.15. The first-order valence-electron chi connectivity index (χ1n) is 6.73. The number of thioether (sulfide) groups is 1. The van der Waals surface area contributed by atoms with Crippen LogP contribution in [0.5, 0.6) is 0 Å². The van der Waals surface area contributed by atoms with Crippen LogP contribution >= 0.6 is 11.8 Å². The first-order chi connectivity index (χ1) is 10.2. The monoisotopic (exact) mass is 302 g/mol. The van der Waals surface area contributed by atoms with E-state index in [1.54, 1.807) is 11.8 Å². The second kappa shape index (κ2) is 7.69. The van der Waals surface area contributed by atoms with Crippen LogP contribution in [-0.4, -0.2) is 30.4 Å². The van der Waals surface area contributed by atoms with Gasteiger partial charge in [0.2, 0.25) is 12.3 Å². The number of carbonyl (C=O) groups excluding carboxylic acids is 2. The first kappa shape index (κ1) is 15.4. The molecule has 0 unspecified atom stereocenters. The Hall–Kier alpha value is -2.01. The lowest BCUT2D eigenvalue weighted by molar-refractivity contribution is -0.121. The smallest absolute Gasteiger partial charge is 0.246 e. The molecule has 21 heavy (non-hydrogen) atoms. The van der Waals surface area contributed by atoms with Gasteiger partial charge in [-0.1, -0.05) is 30.3 Å². The van der Waals surface area contributed by atoms with Gasteiger partial charge in [0.1, 0.15) is 6.04 Å². The normalized spacial score (nSPS) is 11.9. The van der Waals surface area contributed by atoms with Gasteiger partial charge in [-0.3, -0.25) is 9.59 Å². The van der Waals surface area contributed by atoms with Gasteiger partial charge in [-0.2, -0.15) is 11.8 Å². The molecule has 0 saturated heterocycles. The van der Waals surface area contributed by atoms with Gasteiger partial charge in [-0.25, -0.2) is 0 Å². The first-order valence-corrected chi connectivity index (χ1v) is 8.12. The van der Waals surface area contributed by atoms with Crippen molar-refractivity contribution in [1.29, 1.82) is 0 Å². The summed E-state index contributed by atoms with van der Waals surface area (Å²) in [5.41, 5.74) is 0.737. The fourth-order valence-corrected chi connectivity index (χ4v) is 2.58. The van der Waals surface area contributed by atoms with Gasteiger partial charge >= 0.3 is 0 Å². The average Bonchev–Trinajstić information content (AvgIpc) is 2.51. The van der Waals surface area contributed by atoms with E-state index in [4.69, 9.17) is 0 Å². The van der Waals surface area contributed by atoms with Crippen molar-refractivity contribution in [2.75, 3.05) is 17.3 Å². The third kappa shape index (κ3) is 4.23. The molecular weight excluding hydrogens is 284 g/mol. The van der Waals surface area contributed by atoms with Crippen molar-refractivity contribution < 1.29 is 9.59 Å². The number of hydrogen-bond acceptors (Lipinski definition) is 3. The van der Waals surface area contributed by atoms with E-state index in [0.29, 0.717) is 12.8 Å². The summed E-state index contributed by atoms with van der Waals surface area (Å²) in [6, 6.07) is 13.2. The van der Waals surface area contributed by atoms with Crippen LogP contribution in [0.1, 0.15) is 6.42 Å². The van der Waals surface area contributed by atoms with Gasteiger partial charge in [-0.15, -0.1) is 0 Å². The van der Waals surface area contributed by atoms with Crippen molar-refractivity contribution in [3.8, 4) is 0 Å². The Bertz CT molecular complexity index is 630. The third-order valence-corrected chi connectivity index (χ3v) is 3.86. The molecule has 0 aliphatic heterocycles. The van der Waals surface area contributed by atoms with Crippen molar-refractivity contribution in [3.05, 3.63) is 42.5 Å². The number of rotatable bonds is 7. The summed E-state index contributed by atoms with van der Waals surface area (Å²) in [6.45, 7) is 0. The molecule has 0 heterocycles. The Labute approximate surface area is 128 Å². The van der Waals surface area contributed by atoms with Gasteiger partial charge in [0.05, 0.1) is 0 Å². The van der Waals surface area contributed by atoms with Crippen molar-refractivity contribution in [2.24, 2.45) is 0 Å². The van der Waals surface area contributed by atoms with Gasteiger partial charge in [0.15, 0.2) is 0 Å². The second-order valence-corrected chi connectivity index (χ2v) is 5.66. The van der Waals surface area contributed by atoms with Gasteiger partial charge in [-0.05, 0) is 41.3 Å². The predicted molar refractivity (Wildman–Crippen MR) is 88.6 cm³/mol. The molecule has 5 heteroatoms. The lowest BCUT2D eigenvalue weighted by atomic mass is 10.1. The highest BCUT2D eigenvalue weighted by Gasteiger charge is 2.17. The zero-order valence-corrected chi connectivity index (χ0v) is 12.7. The van der Waals surface area contributed by atoms with E-state index in [2.05, 4.69) is 10.6 Å². The molecule has 0 aliphatic rings. The number of benzene rings is 2.